The van der Waals surface area contributed by atoms with Gasteiger partial charge in [0, 0.05) is 12.2 Å². The van der Waals surface area contributed by atoms with Crippen molar-refractivity contribution in [3.63, 3.8) is 0 Å². The average molecular weight is 178 g/mol. The Kier molecular flexibility index (Phi) is 2.10. The van der Waals surface area contributed by atoms with Crippen LogP contribution in [0.3, 0.4) is 0 Å². The van der Waals surface area contributed by atoms with Gasteiger partial charge in [0.05, 0.1) is 6.61 Å². The van der Waals surface area contributed by atoms with Crippen molar-refractivity contribution >= 4 is 5.69 Å². The molecule has 3 nitrogen and oxygen atoms in total. The lowest BCUT2D eigenvalue weighted by molar-refractivity contribution is 0.340. The van der Waals surface area contributed by atoms with Crippen LogP contribution in [0.15, 0.2) is 18.2 Å². The molecule has 70 valence electrons. The molecule has 0 fully saturated rings. The highest BCUT2D eigenvalue weighted by molar-refractivity contribution is 5.60. The van der Waals surface area contributed by atoms with E-state index in [1.54, 1.807) is 0 Å². The number of hydroxylamine groups is 1. The van der Waals surface area contributed by atoms with Gasteiger partial charge in [-0.2, -0.15) is 0 Å². The van der Waals surface area contributed by atoms with Crippen LogP contribution in [0, 0.1) is 5.21 Å². The normalized spacial score (nSPS) is 14.5. The Labute approximate surface area is 77.5 Å². The van der Waals surface area contributed by atoms with Gasteiger partial charge in [-0.25, -0.2) is 0 Å². The summed E-state index contributed by atoms with van der Waals surface area (Å²) >= 11 is 0. The van der Waals surface area contributed by atoms with Crippen molar-refractivity contribution in [2.45, 2.75) is 13.3 Å². The molecule has 0 unspecified atom stereocenters. The zero-order valence-corrected chi connectivity index (χ0v) is 7.62. The third-order valence-electron chi connectivity index (χ3n) is 2.21. The van der Waals surface area contributed by atoms with Crippen LogP contribution in [0.1, 0.15) is 12.5 Å². The monoisotopic (exact) mass is 178 g/mol. The first-order chi connectivity index (χ1) is 6.31. The second-order valence-corrected chi connectivity index (χ2v) is 3.08. The van der Waals surface area contributed by atoms with Gasteiger partial charge in [0.15, 0.2) is 0 Å². The number of fused-ring (bicyclic) bond motifs is 1. The van der Waals surface area contributed by atoms with Gasteiger partial charge in [0.1, 0.15) is 5.75 Å². The molecule has 0 aromatic heterocycles. The fourth-order valence-electron chi connectivity index (χ4n) is 1.60. The second kappa shape index (κ2) is 3.26. The maximum Gasteiger partial charge on any atom is 0.119 e. The molecule has 1 aliphatic rings. The average Bonchev–Trinajstić information content (AvgIpc) is 2.48. The SMILES string of the molecule is CCOc1ccc2c(c1)CCN2[O-]. The van der Waals surface area contributed by atoms with Crippen molar-refractivity contribution in [3.8, 4) is 5.75 Å². The first kappa shape index (κ1) is 8.38. The van der Waals surface area contributed by atoms with Crippen molar-refractivity contribution in [1.82, 2.24) is 0 Å². The van der Waals surface area contributed by atoms with Crippen LogP contribution in [0.4, 0.5) is 5.69 Å². The van der Waals surface area contributed by atoms with E-state index in [0.29, 0.717) is 13.2 Å². The molecule has 3 heteroatoms. The molecule has 13 heavy (non-hydrogen) atoms. The summed E-state index contributed by atoms with van der Waals surface area (Å²) in [7, 11) is 0. The Hall–Kier alpha value is -1.22. The summed E-state index contributed by atoms with van der Waals surface area (Å²) in [4.78, 5) is 0. The van der Waals surface area contributed by atoms with E-state index in [2.05, 4.69) is 0 Å². The maximum atomic E-state index is 11.2. The van der Waals surface area contributed by atoms with E-state index in [1.165, 1.54) is 0 Å². The first-order valence-electron chi connectivity index (χ1n) is 4.51. The van der Waals surface area contributed by atoms with Crippen molar-refractivity contribution in [3.05, 3.63) is 29.0 Å². The molecule has 0 atom stereocenters. The van der Waals surface area contributed by atoms with Crippen LogP contribution in [-0.4, -0.2) is 13.2 Å². The summed E-state index contributed by atoms with van der Waals surface area (Å²) < 4.78 is 5.35. The summed E-state index contributed by atoms with van der Waals surface area (Å²) in [5.74, 6) is 0.858. The molecule has 0 radical (unpaired) electrons. The zero-order valence-electron chi connectivity index (χ0n) is 7.62. The van der Waals surface area contributed by atoms with Crippen LogP contribution >= 0.6 is 0 Å². The highest BCUT2D eigenvalue weighted by Crippen LogP contribution is 2.30. The molecule has 0 spiro atoms. The summed E-state index contributed by atoms with van der Waals surface area (Å²) in [6.45, 7) is 3.19. The number of ether oxygens (including phenoxy) is 1. The largest absolute Gasteiger partial charge is 0.758 e. The van der Waals surface area contributed by atoms with Crippen molar-refractivity contribution in [2.75, 3.05) is 18.2 Å². The summed E-state index contributed by atoms with van der Waals surface area (Å²) in [6.07, 6.45) is 0.833. The molecule has 1 heterocycles. The van der Waals surface area contributed by atoms with E-state index in [4.69, 9.17) is 4.74 Å². The third kappa shape index (κ3) is 1.47. The van der Waals surface area contributed by atoms with E-state index in [-0.39, 0.29) is 0 Å². The van der Waals surface area contributed by atoms with Gasteiger partial charge >= 0.3 is 0 Å². The minimum absolute atomic E-state index is 0.574. The van der Waals surface area contributed by atoms with E-state index in [0.717, 1.165) is 28.5 Å². The van der Waals surface area contributed by atoms with Crippen LogP contribution in [-0.2, 0) is 6.42 Å². The Bertz CT molecular complexity index is 312. The molecular formula is C10H12NO2-. The van der Waals surface area contributed by atoms with E-state index in [1.807, 2.05) is 25.1 Å². The van der Waals surface area contributed by atoms with Gasteiger partial charge in [-0.3, -0.25) is 0 Å². The topological polar surface area (TPSA) is 35.5 Å². The molecule has 0 aliphatic carbocycles. The smallest absolute Gasteiger partial charge is 0.119 e. The molecule has 1 aromatic carbocycles. The van der Waals surface area contributed by atoms with Gasteiger partial charge in [-0.05, 0) is 37.1 Å². The summed E-state index contributed by atoms with van der Waals surface area (Å²) in [6, 6.07) is 5.63. The fraction of sp³-hybridized carbons (Fsp3) is 0.400. The maximum absolute atomic E-state index is 11.2. The van der Waals surface area contributed by atoms with E-state index < -0.39 is 0 Å². The Morgan fingerprint density at radius 3 is 3.15 bits per heavy atom. The molecule has 1 aromatic rings. The lowest BCUT2D eigenvalue weighted by Gasteiger charge is -2.24. The standard InChI is InChI=1S/C10H12NO2/c1-2-13-9-3-4-10-8(7-9)5-6-11(10)12/h3-4,7H,2,5-6H2,1H3/q-1. The molecule has 2 rings (SSSR count). The van der Waals surface area contributed by atoms with Crippen LogP contribution in [0.25, 0.3) is 0 Å². The van der Waals surface area contributed by atoms with E-state index in [9.17, 15) is 5.21 Å². The number of nitrogens with zero attached hydrogens (tertiary/aromatic N) is 1. The van der Waals surface area contributed by atoms with Crippen molar-refractivity contribution in [2.24, 2.45) is 0 Å². The van der Waals surface area contributed by atoms with Crippen molar-refractivity contribution in [1.29, 1.82) is 0 Å². The van der Waals surface area contributed by atoms with Crippen molar-refractivity contribution < 1.29 is 4.74 Å². The van der Waals surface area contributed by atoms with Gasteiger partial charge in [0.25, 0.3) is 0 Å². The summed E-state index contributed by atoms with van der Waals surface area (Å²) in [5, 5.41) is 12.2. The van der Waals surface area contributed by atoms with E-state index >= 15 is 0 Å². The number of hydrogen-bond donors (Lipinski definition) is 0. The zero-order chi connectivity index (χ0) is 9.26. The van der Waals surface area contributed by atoms with Crippen LogP contribution in [0.5, 0.6) is 5.75 Å². The Balaban J connectivity index is 2.29. The molecule has 0 N–H and O–H groups in total. The van der Waals surface area contributed by atoms with Crippen LogP contribution in [0.2, 0.25) is 0 Å². The molecule has 0 saturated heterocycles. The lowest BCUT2D eigenvalue weighted by atomic mass is 10.1. The third-order valence-corrected chi connectivity index (χ3v) is 2.21. The first-order valence-corrected chi connectivity index (χ1v) is 4.51. The number of anilines is 1. The van der Waals surface area contributed by atoms with Gasteiger partial charge < -0.3 is 15.0 Å². The minimum atomic E-state index is 0.574. The minimum Gasteiger partial charge on any atom is -0.758 e. The van der Waals surface area contributed by atoms with Gasteiger partial charge in [0.2, 0.25) is 0 Å². The van der Waals surface area contributed by atoms with Gasteiger partial charge in [-0.1, -0.05) is 0 Å². The fourth-order valence-corrected chi connectivity index (χ4v) is 1.60. The second-order valence-electron chi connectivity index (χ2n) is 3.08. The predicted octanol–water partition coefficient (Wildman–Crippen LogP) is 1.95. The Morgan fingerprint density at radius 2 is 2.38 bits per heavy atom. The highest BCUT2D eigenvalue weighted by Gasteiger charge is 2.12. The molecule has 1 aliphatic heterocycles. The molecular weight excluding hydrogens is 166 g/mol. The predicted molar refractivity (Wildman–Crippen MR) is 52.0 cm³/mol. The summed E-state index contributed by atoms with van der Waals surface area (Å²) in [5.41, 5.74) is 1.89. The van der Waals surface area contributed by atoms with Crippen LogP contribution < -0.4 is 9.80 Å². The highest BCUT2D eigenvalue weighted by atomic mass is 16.5. The Morgan fingerprint density at radius 1 is 1.54 bits per heavy atom. The quantitative estimate of drug-likeness (QED) is 0.694. The lowest BCUT2D eigenvalue weighted by Crippen LogP contribution is -2.09. The molecule has 0 bridgehead atoms. The van der Waals surface area contributed by atoms with Gasteiger partial charge in [-0.15, -0.1) is 0 Å². The number of benzene rings is 1. The molecule has 0 amide bonds. The number of hydrogen-bond acceptors (Lipinski definition) is 3. The molecule has 0 saturated carbocycles. The number of rotatable bonds is 2.